The van der Waals surface area contributed by atoms with Crippen LogP contribution < -0.4 is 5.32 Å². The summed E-state index contributed by atoms with van der Waals surface area (Å²) in [5, 5.41) is 3.46. The second kappa shape index (κ2) is 5.29. The van der Waals surface area contributed by atoms with E-state index in [2.05, 4.69) is 23.3 Å². The molecule has 102 valence electrons. The Morgan fingerprint density at radius 1 is 1.42 bits per heavy atom. The van der Waals surface area contributed by atoms with Crippen molar-refractivity contribution >= 4 is 5.91 Å². The first-order valence-electron chi connectivity index (χ1n) is 7.19. The number of likely N-dealkylation sites (tertiary alicyclic amines) is 1. The van der Waals surface area contributed by atoms with Crippen LogP contribution in [0.5, 0.6) is 0 Å². The molecule has 4 heteroatoms. The Balaban J connectivity index is 1.66. The molecule has 2 heterocycles. The van der Waals surface area contributed by atoms with E-state index in [4.69, 9.17) is 0 Å². The molecule has 1 aromatic heterocycles. The van der Waals surface area contributed by atoms with Crippen molar-refractivity contribution in [2.45, 2.75) is 51.2 Å². The summed E-state index contributed by atoms with van der Waals surface area (Å²) in [5.41, 5.74) is 2.18. The van der Waals surface area contributed by atoms with Gasteiger partial charge in [0.25, 0.3) is 0 Å². The van der Waals surface area contributed by atoms with Crippen LogP contribution >= 0.6 is 0 Å². The fourth-order valence-corrected chi connectivity index (χ4v) is 2.65. The molecule has 1 saturated carbocycles. The zero-order chi connectivity index (χ0) is 13.2. The summed E-state index contributed by atoms with van der Waals surface area (Å²) in [4.78, 5) is 18.8. The average molecular weight is 259 g/mol. The molecule has 19 heavy (non-hydrogen) atoms. The number of amides is 1. The predicted molar refractivity (Wildman–Crippen MR) is 73.6 cm³/mol. The lowest BCUT2D eigenvalue weighted by Gasteiger charge is -2.33. The van der Waals surface area contributed by atoms with Crippen molar-refractivity contribution in [1.82, 2.24) is 15.2 Å². The van der Waals surface area contributed by atoms with Crippen LogP contribution in [0.25, 0.3) is 0 Å². The number of carbonyl (C=O) groups is 1. The lowest BCUT2D eigenvalue weighted by atomic mass is 10.0. The molecule has 0 aromatic carbocycles. The largest absolute Gasteiger partial charge is 0.335 e. The molecule has 2 fully saturated rings. The quantitative estimate of drug-likeness (QED) is 0.894. The highest BCUT2D eigenvalue weighted by molar-refractivity contribution is 5.82. The highest BCUT2D eigenvalue weighted by Crippen LogP contribution is 2.23. The van der Waals surface area contributed by atoms with E-state index in [1.807, 2.05) is 11.0 Å². The van der Waals surface area contributed by atoms with Crippen LogP contribution in [0.15, 0.2) is 18.3 Å². The summed E-state index contributed by atoms with van der Waals surface area (Å²) in [7, 11) is 0. The third kappa shape index (κ3) is 2.95. The van der Waals surface area contributed by atoms with Gasteiger partial charge in [-0.15, -0.1) is 0 Å². The molecule has 1 atom stereocenters. The molecule has 1 amide bonds. The number of aryl methyl sites for hydroxylation is 1. The molecule has 0 bridgehead atoms. The third-order valence-electron chi connectivity index (χ3n) is 4.00. The maximum absolute atomic E-state index is 12.4. The van der Waals surface area contributed by atoms with Crippen molar-refractivity contribution in [2.24, 2.45) is 0 Å². The molecule has 1 aromatic rings. The van der Waals surface area contributed by atoms with Crippen molar-refractivity contribution in [1.29, 1.82) is 0 Å². The Kier molecular flexibility index (Phi) is 3.51. The smallest absolute Gasteiger partial charge is 0.240 e. The molecular weight excluding hydrogens is 238 g/mol. The third-order valence-corrected chi connectivity index (χ3v) is 4.00. The second-order valence-corrected chi connectivity index (χ2v) is 5.66. The van der Waals surface area contributed by atoms with Gasteiger partial charge in [0.15, 0.2) is 0 Å². The second-order valence-electron chi connectivity index (χ2n) is 5.66. The maximum atomic E-state index is 12.4. The highest BCUT2D eigenvalue weighted by Gasteiger charge is 2.33. The van der Waals surface area contributed by atoms with Crippen LogP contribution in [-0.4, -0.2) is 34.4 Å². The number of carbonyl (C=O) groups excluding carboxylic acids is 1. The Morgan fingerprint density at radius 2 is 2.26 bits per heavy atom. The van der Waals surface area contributed by atoms with Gasteiger partial charge in [0, 0.05) is 18.8 Å². The molecule has 3 rings (SSSR count). The summed E-state index contributed by atoms with van der Waals surface area (Å²) in [6, 6.07) is 4.61. The molecule has 1 saturated heterocycles. The van der Waals surface area contributed by atoms with Gasteiger partial charge >= 0.3 is 0 Å². The summed E-state index contributed by atoms with van der Waals surface area (Å²) in [6.07, 6.45) is 6.32. The number of aromatic nitrogens is 1. The Morgan fingerprint density at radius 3 is 3.00 bits per heavy atom. The topological polar surface area (TPSA) is 45.2 Å². The molecule has 4 nitrogen and oxygen atoms in total. The van der Waals surface area contributed by atoms with Gasteiger partial charge in [-0.25, -0.2) is 0 Å². The van der Waals surface area contributed by atoms with E-state index < -0.39 is 0 Å². The van der Waals surface area contributed by atoms with E-state index in [1.165, 1.54) is 12.8 Å². The minimum atomic E-state index is 0.0327. The lowest BCUT2D eigenvalue weighted by molar-refractivity contribution is -0.136. The first-order valence-corrected chi connectivity index (χ1v) is 7.19. The van der Waals surface area contributed by atoms with E-state index in [9.17, 15) is 4.79 Å². The van der Waals surface area contributed by atoms with Crippen LogP contribution in [-0.2, 0) is 11.3 Å². The molecule has 2 aliphatic rings. The Hall–Kier alpha value is -1.42. The summed E-state index contributed by atoms with van der Waals surface area (Å²) in [5.74, 6) is 0.253. The SMILES string of the molecule is Cc1cccnc1CN1CCCC(NC2CC2)C1=O. The van der Waals surface area contributed by atoms with E-state index >= 15 is 0 Å². The summed E-state index contributed by atoms with van der Waals surface area (Å²) in [6.45, 7) is 3.56. The van der Waals surface area contributed by atoms with Gasteiger partial charge in [0.05, 0.1) is 18.3 Å². The van der Waals surface area contributed by atoms with Crippen LogP contribution in [0.2, 0.25) is 0 Å². The van der Waals surface area contributed by atoms with E-state index in [-0.39, 0.29) is 11.9 Å². The number of hydrogen-bond donors (Lipinski definition) is 1. The fourth-order valence-electron chi connectivity index (χ4n) is 2.65. The number of nitrogens with one attached hydrogen (secondary N) is 1. The molecule has 1 aliphatic carbocycles. The standard InChI is InChI=1S/C15H21N3O/c1-11-4-2-8-16-14(11)10-18-9-3-5-13(15(18)19)17-12-6-7-12/h2,4,8,12-13,17H,3,5-7,9-10H2,1H3. The number of hydrogen-bond acceptors (Lipinski definition) is 3. The molecule has 1 aliphatic heterocycles. The van der Waals surface area contributed by atoms with Crippen LogP contribution in [0.1, 0.15) is 36.9 Å². The van der Waals surface area contributed by atoms with Gasteiger partial charge in [-0.05, 0) is 44.2 Å². The highest BCUT2D eigenvalue weighted by atomic mass is 16.2. The van der Waals surface area contributed by atoms with Crippen molar-refractivity contribution in [3.05, 3.63) is 29.6 Å². The average Bonchev–Trinajstić information content (AvgIpc) is 3.21. The van der Waals surface area contributed by atoms with Crippen LogP contribution in [0, 0.1) is 6.92 Å². The fraction of sp³-hybridized carbons (Fsp3) is 0.600. The summed E-state index contributed by atoms with van der Waals surface area (Å²) < 4.78 is 0. The molecular formula is C15H21N3O. The Bertz CT molecular complexity index is 470. The first-order chi connectivity index (χ1) is 9.24. The van der Waals surface area contributed by atoms with Gasteiger partial charge < -0.3 is 10.2 Å². The Labute approximate surface area is 114 Å². The lowest BCUT2D eigenvalue weighted by Crippen LogP contribution is -2.51. The zero-order valence-corrected chi connectivity index (χ0v) is 11.4. The van der Waals surface area contributed by atoms with Gasteiger partial charge in [0.1, 0.15) is 0 Å². The van der Waals surface area contributed by atoms with Crippen LogP contribution in [0.3, 0.4) is 0 Å². The normalized spacial score (nSPS) is 23.7. The van der Waals surface area contributed by atoms with Gasteiger partial charge in [-0.1, -0.05) is 6.07 Å². The number of nitrogens with zero attached hydrogens (tertiary/aromatic N) is 2. The summed E-state index contributed by atoms with van der Waals surface area (Å²) >= 11 is 0. The molecule has 1 unspecified atom stereocenters. The first kappa shape index (κ1) is 12.6. The minimum absolute atomic E-state index is 0.0327. The van der Waals surface area contributed by atoms with Crippen molar-refractivity contribution in [2.75, 3.05) is 6.54 Å². The van der Waals surface area contributed by atoms with Crippen LogP contribution in [0.4, 0.5) is 0 Å². The van der Waals surface area contributed by atoms with Gasteiger partial charge in [0.2, 0.25) is 5.91 Å². The van der Waals surface area contributed by atoms with Crippen molar-refractivity contribution in [3.8, 4) is 0 Å². The molecule has 1 N–H and O–H groups in total. The number of rotatable bonds is 4. The van der Waals surface area contributed by atoms with Crippen molar-refractivity contribution < 1.29 is 4.79 Å². The maximum Gasteiger partial charge on any atom is 0.240 e. The van der Waals surface area contributed by atoms with Gasteiger partial charge in [-0.3, -0.25) is 9.78 Å². The van der Waals surface area contributed by atoms with Gasteiger partial charge in [-0.2, -0.15) is 0 Å². The van der Waals surface area contributed by atoms with E-state index in [1.54, 1.807) is 6.20 Å². The number of piperidine rings is 1. The molecule has 0 radical (unpaired) electrons. The number of pyridine rings is 1. The van der Waals surface area contributed by atoms with E-state index in [0.29, 0.717) is 12.6 Å². The molecule has 0 spiro atoms. The monoisotopic (exact) mass is 259 g/mol. The van der Waals surface area contributed by atoms with E-state index in [0.717, 1.165) is 30.6 Å². The van der Waals surface area contributed by atoms with Crippen molar-refractivity contribution in [3.63, 3.8) is 0 Å². The predicted octanol–water partition coefficient (Wildman–Crippen LogP) is 1.63. The minimum Gasteiger partial charge on any atom is -0.335 e. The zero-order valence-electron chi connectivity index (χ0n) is 11.4.